The fourth-order valence-corrected chi connectivity index (χ4v) is 2.36. The van der Waals surface area contributed by atoms with Crippen molar-refractivity contribution < 1.29 is 0 Å². The summed E-state index contributed by atoms with van der Waals surface area (Å²) in [5.74, 6) is 0. The van der Waals surface area contributed by atoms with Crippen LogP contribution in [0.2, 0.25) is 5.02 Å². The molecule has 0 radical (unpaired) electrons. The quantitative estimate of drug-likeness (QED) is 0.814. The maximum atomic E-state index is 6.35. The van der Waals surface area contributed by atoms with E-state index >= 15 is 0 Å². The number of rotatable bonds is 7. The molecule has 0 saturated heterocycles. The maximum Gasteiger partial charge on any atom is 0.0850 e. The van der Waals surface area contributed by atoms with Crippen LogP contribution in [0, 0.1) is 0 Å². The van der Waals surface area contributed by atoms with Crippen molar-refractivity contribution in [2.75, 3.05) is 6.54 Å². The molecule has 3 nitrogen and oxygen atoms in total. The Kier molecular flexibility index (Phi) is 6.00. The van der Waals surface area contributed by atoms with Gasteiger partial charge >= 0.3 is 0 Å². The molecule has 1 rings (SSSR count). The number of hydrogen-bond donors (Lipinski definition) is 1. The van der Waals surface area contributed by atoms with E-state index in [1.807, 2.05) is 11.7 Å². The van der Waals surface area contributed by atoms with Crippen LogP contribution < -0.4 is 5.32 Å². The minimum atomic E-state index is 0.493. The normalized spacial score (nSPS) is 13.0. The first-order valence-corrected chi connectivity index (χ1v) is 6.95. The molecule has 0 fully saturated rings. The number of aryl methyl sites for hydroxylation is 2. The first-order valence-electron chi connectivity index (χ1n) is 6.57. The Morgan fingerprint density at radius 2 is 2.06 bits per heavy atom. The van der Waals surface area contributed by atoms with E-state index in [0.29, 0.717) is 6.04 Å². The highest BCUT2D eigenvalue weighted by atomic mass is 35.5. The topological polar surface area (TPSA) is 29.9 Å². The molecule has 1 atom stereocenters. The van der Waals surface area contributed by atoms with E-state index in [1.165, 1.54) is 0 Å². The highest BCUT2D eigenvalue weighted by molar-refractivity contribution is 6.31. The van der Waals surface area contributed by atoms with Gasteiger partial charge in [0, 0.05) is 19.5 Å². The molecular weight excluding hydrogens is 234 g/mol. The summed E-state index contributed by atoms with van der Waals surface area (Å²) in [6, 6.07) is 0.493. The van der Waals surface area contributed by atoms with E-state index in [-0.39, 0.29) is 0 Å². The lowest BCUT2D eigenvalue weighted by Crippen LogP contribution is -2.31. The maximum absolute atomic E-state index is 6.35. The van der Waals surface area contributed by atoms with Gasteiger partial charge in [0.1, 0.15) is 0 Å². The van der Waals surface area contributed by atoms with E-state index in [4.69, 9.17) is 11.6 Å². The van der Waals surface area contributed by atoms with E-state index in [2.05, 4.69) is 31.2 Å². The van der Waals surface area contributed by atoms with Crippen molar-refractivity contribution in [2.24, 2.45) is 7.05 Å². The minimum Gasteiger partial charge on any atom is -0.314 e. The lowest BCUT2D eigenvalue weighted by Gasteiger charge is -2.16. The van der Waals surface area contributed by atoms with Gasteiger partial charge in [-0.05, 0) is 25.8 Å². The highest BCUT2D eigenvalue weighted by Gasteiger charge is 2.16. The molecule has 1 heterocycles. The first kappa shape index (κ1) is 14.5. The van der Waals surface area contributed by atoms with Crippen LogP contribution in [0.1, 0.15) is 45.0 Å². The van der Waals surface area contributed by atoms with Crippen LogP contribution in [-0.2, 0) is 19.9 Å². The van der Waals surface area contributed by atoms with Gasteiger partial charge in [0.05, 0.1) is 16.4 Å². The largest absolute Gasteiger partial charge is 0.314 e. The molecule has 0 bridgehead atoms. The SMILES string of the molecule is CCCNC(CC)Cc1c(Cl)c(CC)nn1C. The summed E-state index contributed by atoms with van der Waals surface area (Å²) in [6.45, 7) is 7.55. The minimum absolute atomic E-state index is 0.493. The van der Waals surface area contributed by atoms with Gasteiger partial charge in [-0.2, -0.15) is 5.10 Å². The van der Waals surface area contributed by atoms with Crippen molar-refractivity contribution >= 4 is 11.6 Å². The van der Waals surface area contributed by atoms with Crippen LogP contribution in [0.3, 0.4) is 0 Å². The van der Waals surface area contributed by atoms with Crippen molar-refractivity contribution in [3.05, 3.63) is 16.4 Å². The number of hydrogen-bond acceptors (Lipinski definition) is 2. The van der Waals surface area contributed by atoms with Crippen molar-refractivity contribution in [3.63, 3.8) is 0 Å². The standard InChI is InChI=1S/C13H24ClN3/c1-5-8-15-10(6-2)9-12-13(14)11(7-3)16-17(12)4/h10,15H,5-9H2,1-4H3. The Balaban J connectivity index is 2.75. The van der Waals surface area contributed by atoms with E-state index in [0.717, 1.165) is 48.6 Å². The number of nitrogens with one attached hydrogen (secondary N) is 1. The van der Waals surface area contributed by atoms with Crippen LogP contribution in [0.25, 0.3) is 0 Å². The summed E-state index contributed by atoms with van der Waals surface area (Å²) in [4.78, 5) is 0. The molecular formula is C13H24ClN3. The van der Waals surface area contributed by atoms with Gasteiger partial charge in [0.25, 0.3) is 0 Å². The average molecular weight is 258 g/mol. The van der Waals surface area contributed by atoms with Crippen LogP contribution >= 0.6 is 11.6 Å². The second-order valence-corrected chi connectivity index (χ2v) is 4.83. The lowest BCUT2D eigenvalue weighted by atomic mass is 10.1. The zero-order chi connectivity index (χ0) is 12.8. The number of nitrogens with zero attached hydrogens (tertiary/aromatic N) is 2. The Morgan fingerprint density at radius 3 is 2.53 bits per heavy atom. The summed E-state index contributed by atoms with van der Waals surface area (Å²) in [5, 5.41) is 8.86. The monoisotopic (exact) mass is 257 g/mol. The number of halogens is 1. The average Bonchev–Trinajstić information content (AvgIpc) is 2.60. The van der Waals surface area contributed by atoms with Gasteiger partial charge < -0.3 is 5.32 Å². The van der Waals surface area contributed by atoms with E-state index in [9.17, 15) is 0 Å². The van der Waals surface area contributed by atoms with Gasteiger partial charge in [0.15, 0.2) is 0 Å². The van der Waals surface area contributed by atoms with Gasteiger partial charge in [-0.15, -0.1) is 0 Å². The second kappa shape index (κ2) is 7.02. The molecule has 98 valence electrons. The Hall–Kier alpha value is -0.540. The molecule has 17 heavy (non-hydrogen) atoms. The van der Waals surface area contributed by atoms with Crippen LogP contribution in [-0.4, -0.2) is 22.4 Å². The molecule has 1 aromatic rings. The first-order chi connectivity index (χ1) is 8.13. The molecule has 1 aromatic heterocycles. The number of aromatic nitrogens is 2. The fraction of sp³-hybridized carbons (Fsp3) is 0.769. The third-order valence-corrected chi connectivity index (χ3v) is 3.55. The van der Waals surface area contributed by atoms with Gasteiger partial charge in [-0.1, -0.05) is 32.4 Å². The van der Waals surface area contributed by atoms with Crippen molar-refractivity contribution in [3.8, 4) is 0 Å². The molecule has 0 aliphatic carbocycles. The van der Waals surface area contributed by atoms with E-state index < -0.39 is 0 Å². The van der Waals surface area contributed by atoms with Crippen molar-refractivity contribution in [1.82, 2.24) is 15.1 Å². The lowest BCUT2D eigenvalue weighted by molar-refractivity contribution is 0.481. The highest BCUT2D eigenvalue weighted by Crippen LogP contribution is 2.22. The summed E-state index contributed by atoms with van der Waals surface area (Å²) in [7, 11) is 1.98. The third kappa shape index (κ3) is 3.71. The molecule has 1 unspecified atom stereocenters. The molecule has 0 aliphatic rings. The van der Waals surface area contributed by atoms with Crippen LogP contribution in [0.4, 0.5) is 0 Å². The molecule has 1 N–H and O–H groups in total. The van der Waals surface area contributed by atoms with Gasteiger partial charge in [-0.25, -0.2) is 0 Å². The molecule has 4 heteroatoms. The Morgan fingerprint density at radius 1 is 1.35 bits per heavy atom. The predicted octanol–water partition coefficient (Wildman–Crippen LogP) is 2.96. The zero-order valence-electron chi connectivity index (χ0n) is 11.4. The summed E-state index contributed by atoms with van der Waals surface area (Å²) < 4.78 is 1.93. The summed E-state index contributed by atoms with van der Waals surface area (Å²) in [6.07, 6.45) is 4.13. The molecule has 0 spiro atoms. The Labute approximate surface area is 110 Å². The summed E-state index contributed by atoms with van der Waals surface area (Å²) in [5.41, 5.74) is 2.16. The fourth-order valence-electron chi connectivity index (χ4n) is 1.98. The zero-order valence-corrected chi connectivity index (χ0v) is 12.1. The molecule has 0 amide bonds. The summed E-state index contributed by atoms with van der Waals surface area (Å²) >= 11 is 6.35. The molecule has 0 aliphatic heterocycles. The molecule has 0 aromatic carbocycles. The van der Waals surface area contributed by atoms with Gasteiger partial charge in [-0.3, -0.25) is 4.68 Å². The Bertz CT molecular complexity index is 347. The van der Waals surface area contributed by atoms with Gasteiger partial charge in [0.2, 0.25) is 0 Å². The molecule has 0 saturated carbocycles. The van der Waals surface area contributed by atoms with Crippen molar-refractivity contribution in [2.45, 2.75) is 52.5 Å². The third-order valence-electron chi connectivity index (χ3n) is 3.12. The van der Waals surface area contributed by atoms with Crippen LogP contribution in [0.5, 0.6) is 0 Å². The van der Waals surface area contributed by atoms with Crippen molar-refractivity contribution in [1.29, 1.82) is 0 Å². The second-order valence-electron chi connectivity index (χ2n) is 4.45. The smallest absolute Gasteiger partial charge is 0.0850 e. The van der Waals surface area contributed by atoms with E-state index in [1.54, 1.807) is 0 Å². The predicted molar refractivity (Wildman–Crippen MR) is 73.7 cm³/mol. The van der Waals surface area contributed by atoms with Crippen LogP contribution in [0.15, 0.2) is 0 Å².